The zero-order chi connectivity index (χ0) is 25.9. The number of pyridine rings is 1. The van der Waals surface area contributed by atoms with Crippen LogP contribution in [0, 0.1) is 23.5 Å². The molecule has 4 rings (SSSR count). The molecule has 2 aromatic rings. The van der Waals surface area contributed by atoms with Crippen molar-refractivity contribution < 1.29 is 23.2 Å². The molecule has 1 N–H and O–H groups in total. The number of hydrogen-bond acceptors (Lipinski definition) is 4. The summed E-state index contributed by atoms with van der Waals surface area (Å²) in [6.07, 6.45) is 3.93. The molecule has 3 heterocycles. The molecule has 4 amide bonds. The van der Waals surface area contributed by atoms with Crippen LogP contribution in [0.3, 0.4) is 0 Å². The molecule has 0 spiro atoms. The fraction of sp³-hybridized carbons (Fsp3) is 0.481. The highest BCUT2D eigenvalue weighted by Gasteiger charge is 2.55. The van der Waals surface area contributed by atoms with Crippen molar-refractivity contribution in [2.45, 2.75) is 58.0 Å². The third kappa shape index (κ3) is 5.55. The van der Waals surface area contributed by atoms with E-state index in [4.69, 9.17) is 0 Å². The van der Waals surface area contributed by atoms with Crippen LogP contribution in [0.15, 0.2) is 42.6 Å². The van der Waals surface area contributed by atoms with Gasteiger partial charge in [-0.15, -0.1) is 0 Å². The number of piperidine rings is 1. The first-order valence-electron chi connectivity index (χ1n) is 12.4. The molecular formula is C27H32F2N4O3. The average molecular weight is 499 g/mol. The number of urea groups is 1. The Kier molecular flexibility index (Phi) is 7.66. The molecule has 0 aliphatic carbocycles. The fourth-order valence-electron chi connectivity index (χ4n) is 5.23. The smallest absolute Gasteiger partial charge is 0.325 e. The Morgan fingerprint density at radius 3 is 2.44 bits per heavy atom. The number of imide groups is 1. The van der Waals surface area contributed by atoms with Crippen molar-refractivity contribution in [2.75, 3.05) is 13.1 Å². The second-order valence-electron chi connectivity index (χ2n) is 10.2. The van der Waals surface area contributed by atoms with Gasteiger partial charge in [0.2, 0.25) is 5.91 Å². The Morgan fingerprint density at radius 1 is 1.14 bits per heavy atom. The van der Waals surface area contributed by atoms with E-state index in [0.717, 1.165) is 24.6 Å². The van der Waals surface area contributed by atoms with Gasteiger partial charge in [0.25, 0.3) is 5.91 Å². The summed E-state index contributed by atoms with van der Waals surface area (Å²) >= 11 is 0. The van der Waals surface area contributed by atoms with Gasteiger partial charge >= 0.3 is 6.03 Å². The molecule has 0 radical (unpaired) electrons. The largest absolute Gasteiger partial charge is 0.342 e. The number of rotatable bonds is 8. The van der Waals surface area contributed by atoms with E-state index in [-0.39, 0.29) is 36.3 Å². The molecule has 9 heteroatoms. The van der Waals surface area contributed by atoms with E-state index in [2.05, 4.69) is 24.1 Å². The highest BCUT2D eigenvalue weighted by atomic mass is 19.1. The summed E-state index contributed by atoms with van der Waals surface area (Å²) in [6, 6.07) is 8.07. The molecule has 1 aromatic heterocycles. The number of nitrogens with zero attached hydrogens (tertiary/aromatic N) is 3. The van der Waals surface area contributed by atoms with E-state index in [1.54, 1.807) is 23.2 Å². The van der Waals surface area contributed by atoms with E-state index >= 15 is 0 Å². The monoisotopic (exact) mass is 498 g/mol. The highest BCUT2D eigenvalue weighted by Crippen LogP contribution is 2.38. The summed E-state index contributed by atoms with van der Waals surface area (Å²) in [7, 11) is 0. The average Bonchev–Trinajstić information content (AvgIpc) is 3.08. The number of halogens is 2. The van der Waals surface area contributed by atoms with Gasteiger partial charge in [-0.25, -0.2) is 13.6 Å². The zero-order valence-corrected chi connectivity index (χ0v) is 20.7. The molecule has 0 saturated carbocycles. The Morgan fingerprint density at radius 2 is 1.83 bits per heavy atom. The van der Waals surface area contributed by atoms with Crippen molar-refractivity contribution in [1.29, 1.82) is 0 Å². The van der Waals surface area contributed by atoms with Crippen LogP contribution in [0.25, 0.3) is 0 Å². The van der Waals surface area contributed by atoms with Gasteiger partial charge in [0.15, 0.2) is 0 Å². The number of carbonyl (C=O) groups is 3. The Bertz CT molecular complexity index is 1100. The summed E-state index contributed by atoms with van der Waals surface area (Å²) in [5, 5.41) is 3.03. The minimum atomic E-state index is -1.02. The Labute approximate surface area is 209 Å². The molecule has 192 valence electrons. The van der Waals surface area contributed by atoms with E-state index in [9.17, 15) is 23.2 Å². The molecule has 2 aliphatic rings. The summed E-state index contributed by atoms with van der Waals surface area (Å²) in [5.74, 6) is -1.66. The predicted molar refractivity (Wildman–Crippen MR) is 129 cm³/mol. The number of hydrogen-bond donors (Lipinski definition) is 1. The highest BCUT2D eigenvalue weighted by molar-refractivity contribution is 6.07. The van der Waals surface area contributed by atoms with Gasteiger partial charge < -0.3 is 10.2 Å². The second kappa shape index (κ2) is 10.7. The van der Waals surface area contributed by atoms with Crippen molar-refractivity contribution in [3.8, 4) is 0 Å². The van der Waals surface area contributed by atoms with Crippen LogP contribution in [-0.4, -0.2) is 51.3 Å². The van der Waals surface area contributed by atoms with Crippen LogP contribution < -0.4 is 5.32 Å². The zero-order valence-electron chi connectivity index (χ0n) is 20.7. The molecule has 1 atom stereocenters. The number of benzene rings is 1. The summed E-state index contributed by atoms with van der Waals surface area (Å²) in [6.45, 7) is 5.09. The second-order valence-corrected chi connectivity index (χ2v) is 10.2. The van der Waals surface area contributed by atoms with Crippen LogP contribution >= 0.6 is 0 Å². The maximum atomic E-state index is 13.7. The van der Waals surface area contributed by atoms with Crippen LogP contribution in [0.4, 0.5) is 13.6 Å². The lowest BCUT2D eigenvalue weighted by Gasteiger charge is -2.41. The summed E-state index contributed by atoms with van der Waals surface area (Å²) in [5.41, 5.74) is -0.0944. The maximum absolute atomic E-state index is 13.7. The molecule has 2 saturated heterocycles. The molecule has 2 fully saturated rings. The van der Waals surface area contributed by atoms with Crippen molar-refractivity contribution in [3.63, 3.8) is 0 Å². The van der Waals surface area contributed by atoms with Gasteiger partial charge in [-0.05, 0) is 67.3 Å². The molecule has 36 heavy (non-hydrogen) atoms. The van der Waals surface area contributed by atoms with Gasteiger partial charge in [0.1, 0.15) is 17.2 Å². The first kappa shape index (κ1) is 25.7. The van der Waals surface area contributed by atoms with Gasteiger partial charge in [-0.1, -0.05) is 19.9 Å². The lowest BCUT2D eigenvalue weighted by molar-refractivity contribution is -0.136. The predicted octanol–water partition coefficient (Wildman–Crippen LogP) is 4.07. The number of carbonyl (C=O) groups excluding carboxylic acids is 3. The van der Waals surface area contributed by atoms with Crippen LogP contribution in [-0.2, 0) is 22.6 Å². The van der Waals surface area contributed by atoms with Crippen LogP contribution in [0.2, 0.25) is 0 Å². The summed E-state index contributed by atoms with van der Waals surface area (Å²) < 4.78 is 27.0. The first-order valence-corrected chi connectivity index (χ1v) is 12.4. The van der Waals surface area contributed by atoms with Crippen LogP contribution in [0.5, 0.6) is 0 Å². The van der Waals surface area contributed by atoms with Gasteiger partial charge in [0, 0.05) is 25.4 Å². The molecule has 0 bridgehead atoms. The molecule has 1 unspecified atom stereocenters. The number of amides is 4. The molecule has 7 nitrogen and oxygen atoms in total. The number of nitrogens with one attached hydrogen (secondary N) is 1. The van der Waals surface area contributed by atoms with E-state index in [1.807, 2.05) is 6.07 Å². The Hall–Kier alpha value is -3.36. The third-order valence-corrected chi connectivity index (χ3v) is 7.19. The van der Waals surface area contributed by atoms with Crippen molar-refractivity contribution >= 4 is 17.8 Å². The molecule has 2 aliphatic heterocycles. The van der Waals surface area contributed by atoms with Crippen molar-refractivity contribution in [1.82, 2.24) is 20.1 Å². The molecular weight excluding hydrogens is 466 g/mol. The minimum absolute atomic E-state index is 0.0919. The van der Waals surface area contributed by atoms with E-state index in [1.165, 1.54) is 4.90 Å². The SMILES string of the molecule is CC(C)CCC1(C2CCN(C(=O)Cc3cc(F)cc(F)c3)CC2)NC(=O)N(Cc2ccccn2)C1=O. The quantitative estimate of drug-likeness (QED) is 0.557. The third-order valence-electron chi connectivity index (χ3n) is 7.19. The topological polar surface area (TPSA) is 82.6 Å². The van der Waals surface area contributed by atoms with Gasteiger partial charge in [-0.3, -0.25) is 19.5 Å². The van der Waals surface area contributed by atoms with Gasteiger partial charge in [-0.2, -0.15) is 0 Å². The molecule has 1 aromatic carbocycles. The first-order chi connectivity index (χ1) is 17.2. The van der Waals surface area contributed by atoms with E-state index < -0.39 is 23.2 Å². The minimum Gasteiger partial charge on any atom is -0.342 e. The normalized spacial score (nSPS) is 20.8. The lowest BCUT2D eigenvalue weighted by Crippen LogP contribution is -2.56. The number of aromatic nitrogens is 1. The lowest BCUT2D eigenvalue weighted by atomic mass is 9.73. The maximum Gasteiger partial charge on any atom is 0.325 e. The van der Waals surface area contributed by atoms with E-state index in [0.29, 0.717) is 44.0 Å². The number of likely N-dealkylation sites (tertiary alicyclic amines) is 1. The Balaban J connectivity index is 1.46. The fourth-order valence-corrected chi connectivity index (χ4v) is 5.23. The van der Waals surface area contributed by atoms with Crippen molar-refractivity contribution in [2.24, 2.45) is 11.8 Å². The van der Waals surface area contributed by atoms with Crippen LogP contribution in [0.1, 0.15) is 50.8 Å². The van der Waals surface area contributed by atoms with Crippen molar-refractivity contribution in [3.05, 3.63) is 65.5 Å². The summed E-state index contributed by atoms with van der Waals surface area (Å²) in [4.78, 5) is 46.7. The standard InChI is InChI=1S/C27H32F2N4O3/c1-18(2)6-9-27(25(35)33(26(36)31-27)17-23-5-3-4-10-30-23)20-7-11-32(12-8-20)24(34)15-19-13-21(28)16-22(29)14-19/h3-5,10,13-14,16,18,20H,6-9,11-12,15,17H2,1-2H3,(H,31,36). The van der Waals surface area contributed by atoms with Gasteiger partial charge in [0.05, 0.1) is 18.7 Å².